The maximum Gasteiger partial charge on any atom is 0.123 e. The first-order valence-electron chi connectivity index (χ1n) is 6.66. The van der Waals surface area contributed by atoms with Crippen molar-refractivity contribution in [2.45, 2.75) is 25.3 Å². The Hall–Kier alpha value is -1.74. The molecular formula is C16H17FN2. The molecule has 98 valence electrons. The first-order chi connectivity index (χ1) is 9.29. The zero-order valence-corrected chi connectivity index (χ0v) is 11.0. The highest BCUT2D eigenvalue weighted by molar-refractivity contribution is 5.41. The molecule has 0 spiro atoms. The van der Waals surface area contributed by atoms with Gasteiger partial charge in [0.25, 0.3) is 0 Å². The van der Waals surface area contributed by atoms with Crippen LogP contribution in [0.15, 0.2) is 36.5 Å². The van der Waals surface area contributed by atoms with Crippen molar-refractivity contribution in [1.82, 2.24) is 10.3 Å². The van der Waals surface area contributed by atoms with Crippen molar-refractivity contribution in [2.24, 2.45) is 0 Å². The molecule has 2 aromatic rings. The molecule has 0 bridgehead atoms. The molecule has 0 radical (unpaired) electrons. The number of benzene rings is 1. The molecule has 19 heavy (non-hydrogen) atoms. The number of nitrogens with zero attached hydrogens (tertiary/aromatic N) is 1. The van der Waals surface area contributed by atoms with Gasteiger partial charge in [-0.25, -0.2) is 4.39 Å². The van der Waals surface area contributed by atoms with Crippen molar-refractivity contribution in [2.75, 3.05) is 7.05 Å². The zero-order valence-electron chi connectivity index (χ0n) is 11.0. The van der Waals surface area contributed by atoms with Crippen LogP contribution < -0.4 is 5.32 Å². The Kier molecular flexibility index (Phi) is 3.30. The maximum absolute atomic E-state index is 13.6. The first kappa shape index (κ1) is 12.3. The van der Waals surface area contributed by atoms with Crippen LogP contribution in [0.25, 0.3) is 0 Å². The molecule has 0 saturated heterocycles. The molecule has 2 nitrogen and oxygen atoms in total. The van der Waals surface area contributed by atoms with Crippen LogP contribution in [0.4, 0.5) is 4.39 Å². The van der Waals surface area contributed by atoms with Gasteiger partial charge < -0.3 is 5.32 Å². The number of aryl methyl sites for hydroxylation is 1. The second-order valence-electron chi connectivity index (χ2n) is 5.01. The smallest absolute Gasteiger partial charge is 0.123 e. The van der Waals surface area contributed by atoms with Crippen LogP contribution in [0, 0.1) is 5.82 Å². The lowest BCUT2D eigenvalue weighted by Gasteiger charge is -2.16. The van der Waals surface area contributed by atoms with Crippen molar-refractivity contribution >= 4 is 0 Å². The van der Waals surface area contributed by atoms with Crippen LogP contribution in [0.3, 0.4) is 0 Å². The van der Waals surface area contributed by atoms with E-state index in [1.165, 1.54) is 11.6 Å². The molecule has 0 saturated carbocycles. The topological polar surface area (TPSA) is 24.9 Å². The van der Waals surface area contributed by atoms with Gasteiger partial charge in [-0.05, 0) is 54.8 Å². The fraction of sp³-hybridized carbons (Fsp3) is 0.312. The van der Waals surface area contributed by atoms with Gasteiger partial charge in [-0.2, -0.15) is 0 Å². The monoisotopic (exact) mass is 256 g/mol. The molecule has 1 unspecified atom stereocenters. The lowest BCUT2D eigenvalue weighted by atomic mass is 9.92. The predicted molar refractivity (Wildman–Crippen MR) is 73.6 cm³/mol. The summed E-state index contributed by atoms with van der Waals surface area (Å²) in [4.78, 5) is 4.51. The van der Waals surface area contributed by atoms with E-state index >= 15 is 0 Å². The number of aromatic nitrogens is 1. The van der Waals surface area contributed by atoms with Crippen LogP contribution in [0.1, 0.15) is 34.7 Å². The minimum atomic E-state index is -0.167. The molecular weight excluding hydrogens is 239 g/mol. The Morgan fingerprint density at radius 3 is 3.11 bits per heavy atom. The van der Waals surface area contributed by atoms with E-state index in [2.05, 4.69) is 16.4 Å². The van der Waals surface area contributed by atoms with Gasteiger partial charge in [-0.15, -0.1) is 0 Å². The predicted octanol–water partition coefficient (Wildman–Crippen LogP) is 3.02. The van der Waals surface area contributed by atoms with Crippen LogP contribution in [0.2, 0.25) is 0 Å². The van der Waals surface area contributed by atoms with E-state index in [1.807, 2.05) is 25.4 Å². The Bertz CT molecular complexity index is 595. The van der Waals surface area contributed by atoms with Crippen molar-refractivity contribution in [3.05, 3.63) is 64.7 Å². The molecule has 1 aliphatic carbocycles. The quantitative estimate of drug-likeness (QED) is 0.913. The number of halogens is 1. The van der Waals surface area contributed by atoms with Crippen molar-refractivity contribution in [3.63, 3.8) is 0 Å². The Morgan fingerprint density at radius 1 is 1.37 bits per heavy atom. The molecule has 1 heterocycles. The van der Waals surface area contributed by atoms with Gasteiger partial charge in [0.15, 0.2) is 0 Å². The third-order valence-electron chi connectivity index (χ3n) is 3.81. The van der Waals surface area contributed by atoms with Crippen molar-refractivity contribution in [1.29, 1.82) is 0 Å². The van der Waals surface area contributed by atoms with Gasteiger partial charge in [0.2, 0.25) is 0 Å². The molecule has 1 aliphatic rings. The van der Waals surface area contributed by atoms with Gasteiger partial charge in [0.1, 0.15) is 5.82 Å². The largest absolute Gasteiger partial charge is 0.316 e. The van der Waals surface area contributed by atoms with Crippen LogP contribution in [0.5, 0.6) is 0 Å². The Morgan fingerprint density at radius 2 is 2.26 bits per heavy atom. The normalized spacial score (nSPS) is 17.5. The molecule has 0 amide bonds. The molecule has 1 atom stereocenters. The fourth-order valence-electron chi connectivity index (χ4n) is 2.96. The van der Waals surface area contributed by atoms with Gasteiger partial charge >= 0.3 is 0 Å². The summed E-state index contributed by atoms with van der Waals surface area (Å²) in [6, 6.07) is 9.17. The number of fused-ring (bicyclic) bond motifs is 1. The van der Waals surface area contributed by atoms with Gasteiger partial charge in [0, 0.05) is 18.7 Å². The molecule has 1 aromatic heterocycles. The summed E-state index contributed by atoms with van der Waals surface area (Å²) in [7, 11) is 1.91. The van der Waals surface area contributed by atoms with E-state index in [0.717, 1.165) is 36.2 Å². The third-order valence-corrected chi connectivity index (χ3v) is 3.81. The highest BCUT2D eigenvalue weighted by Gasteiger charge is 2.26. The Labute approximate surface area is 112 Å². The highest BCUT2D eigenvalue weighted by Crippen LogP contribution is 2.38. The first-order valence-corrected chi connectivity index (χ1v) is 6.66. The minimum absolute atomic E-state index is 0.167. The van der Waals surface area contributed by atoms with E-state index in [0.29, 0.717) is 0 Å². The van der Waals surface area contributed by atoms with Gasteiger partial charge in [-0.3, -0.25) is 4.98 Å². The number of pyridine rings is 1. The fourth-order valence-corrected chi connectivity index (χ4v) is 2.96. The van der Waals surface area contributed by atoms with Gasteiger partial charge in [-0.1, -0.05) is 12.1 Å². The molecule has 0 aliphatic heterocycles. The van der Waals surface area contributed by atoms with Crippen molar-refractivity contribution in [3.8, 4) is 0 Å². The summed E-state index contributed by atoms with van der Waals surface area (Å²) in [6.45, 7) is 0.758. The highest BCUT2D eigenvalue weighted by atomic mass is 19.1. The Balaban J connectivity index is 2.05. The second-order valence-corrected chi connectivity index (χ2v) is 5.01. The van der Waals surface area contributed by atoms with E-state index in [4.69, 9.17) is 0 Å². The third kappa shape index (κ3) is 2.26. The molecule has 0 fully saturated rings. The average molecular weight is 256 g/mol. The summed E-state index contributed by atoms with van der Waals surface area (Å²) in [5.74, 6) is 0.0643. The number of nitrogens with one attached hydrogen (secondary N) is 1. The maximum atomic E-state index is 13.6. The van der Waals surface area contributed by atoms with Crippen LogP contribution in [-0.4, -0.2) is 12.0 Å². The minimum Gasteiger partial charge on any atom is -0.316 e. The molecule has 3 rings (SSSR count). The summed E-state index contributed by atoms with van der Waals surface area (Å²) in [5, 5.41) is 3.15. The van der Waals surface area contributed by atoms with E-state index in [-0.39, 0.29) is 11.7 Å². The summed E-state index contributed by atoms with van der Waals surface area (Å²) in [5.41, 5.74) is 4.65. The average Bonchev–Trinajstić information content (AvgIpc) is 2.85. The number of hydrogen-bond donors (Lipinski definition) is 1. The lowest BCUT2D eigenvalue weighted by Crippen LogP contribution is -2.11. The lowest BCUT2D eigenvalue weighted by molar-refractivity contribution is 0.618. The summed E-state index contributed by atoms with van der Waals surface area (Å²) >= 11 is 0. The van der Waals surface area contributed by atoms with Crippen molar-refractivity contribution < 1.29 is 4.39 Å². The standard InChI is InChI=1S/C16H17FN2/c1-18-10-12-4-6-13(17)9-15(12)14-7-5-11-3-2-8-19-16(11)14/h2-4,6,8-9,14,18H,5,7,10H2,1H3. The summed E-state index contributed by atoms with van der Waals surface area (Å²) in [6.07, 6.45) is 3.88. The van der Waals surface area contributed by atoms with E-state index < -0.39 is 0 Å². The number of hydrogen-bond acceptors (Lipinski definition) is 2. The van der Waals surface area contributed by atoms with Crippen LogP contribution in [-0.2, 0) is 13.0 Å². The van der Waals surface area contributed by atoms with Gasteiger partial charge in [0.05, 0.1) is 5.69 Å². The SMILES string of the molecule is CNCc1ccc(F)cc1C1CCc2cccnc21. The van der Waals surface area contributed by atoms with E-state index in [9.17, 15) is 4.39 Å². The van der Waals surface area contributed by atoms with E-state index in [1.54, 1.807) is 6.07 Å². The molecule has 3 heteroatoms. The zero-order chi connectivity index (χ0) is 13.2. The molecule has 1 aromatic carbocycles. The second kappa shape index (κ2) is 5.10. The summed E-state index contributed by atoms with van der Waals surface area (Å²) < 4.78 is 13.6. The number of rotatable bonds is 3. The molecule has 1 N–H and O–H groups in total. The van der Waals surface area contributed by atoms with Crippen LogP contribution >= 0.6 is 0 Å².